The van der Waals surface area contributed by atoms with Gasteiger partial charge in [-0.15, -0.1) is 5.10 Å². The fraction of sp³-hybridized carbons (Fsp3) is 0.0667. The highest BCUT2D eigenvalue weighted by Crippen LogP contribution is 2.25. The summed E-state index contributed by atoms with van der Waals surface area (Å²) in [6.45, 7) is 0. The molecule has 0 unspecified atom stereocenters. The zero-order chi connectivity index (χ0) is 15.1. The fourth-order valence-corrected chi connectivity index (χ4v) is 2.39. The summed E-state index contributed by atoms with van der Waals surface area (Å²) in [5.74, 6) is 1.13. The van der Waals surface area contributed by atoms with Crippen molar-refractivity contribution in [2.75, 3.05) is 7.11 Å². The van der Waals surface area contributed by atoms with E-state index in [9.17, 15) is 4.79 Å². The first-order valence-electron chi connectivity index (χ1n) is 6.55. The number of tetrazole rings is 1. The van der Waals surface area contributed by atoms with Crippen molar-refractivity contribution in [3.8, 4) is 17.1 Å². The molecule has 0 aliphatic heterocycles. The lowest BCUT2D eigenvalue weighted by atomic mass is 10.1. The lowest BCUT2D eigenvalue weighted by molar-refractivity contribution is 0.415. The van der Waals surface area contributed by atoms with Crippen LogP contribution in [0, 0.1) is 0 Å². The number of benzene rings is 2. The third kappa shape index (κ3) is 1.83. The molecule has 0 amide bonds. The van der Waals surface area contributed by atoms with Crippen LogP contribution >= 0.6 is 0 Å². The second-order valence-electron chi connectivity index (χ2n) is 4.75. The van der Waals surface area contributed by atoms with Crippen LogP contribution in [-0.4, -0.2) is 27.7 Å². The third-order valence-corrected chi connectivity index (χ3v) is 3.50. The summed E-state index contributed by atoms with van der Waals surface area (Å²) in [6, 6.07) is 10.4. The summed E-state index contributed by atoms with van der Waals surface area (Å²) in [4.78, 5) is 12.6. The van der Waals surface area contributed by atoms with Gasteiger partial charge in [-0.1, -0.05) is 6.07 Å². The van der Waals surface area contributed by atoms with Crippen molar-refractivity contribution in [3.63, 3.8) is 0 Å². The second-order valence-corrected chi connectivity index (χ2v) is 4.75. The van der Waals surface area contributed by atoms with E-state index < -0.39 is 0 Å². The second kappa shape index (κ2) is 4.66. The molecule has 2 heterocycles. The number of H-pyrrole nitrogens is 1. The van der Waals surface area contributed by atoms with E-state index in [1.807, 2.05) is 0 Å². The zero-order valence-electron chi connectivity index (χ0n) is 11.5. The van der Waals surface area contributed by atoms with Crippen molar-refractivity contribution < 1.29 is 9.15 Å². The maximum absolute atomic E-state index is 12.6. The van der Waals surface area contributed by atoms with Crippen molar-refractivity contribution in [2.45, 2.75) is 0 Å². The predicted octanol–water partition coefficient (Wildman–Crippen LogP) is 2.13. The van der Waals surface area contributed by atoms with Gasteiger partial charge in [0.15, 0.2) is 5.82 Å². The Labute approximate surface area is 123 Å². The summed E-state index contributed by atoms with van der Waals surface area (Å²) < 4.78 is 11.0. The average molecular weight is 294 g/mol. The molecule has 0 saturated heterocycles. The summed E-state index contributed by atoms with van der Waals surface area (Å²) in [7, 11) is 1.56. The molecule has 22 heavy (non-hydrogen) atoms. The molecular weight excluding hydrogens is 284 g/mol. The van der Waals surface area contributed by atoms with Gasteiger partial charge in [-0.3, -0.25) is 4.79 Å². The van der Waals surface area contributed by atoms with Gasteiger partial charge in [0.1, 0.15) is 16.9 Å². The Morgan fingerprint density at radius 1 is 1.09 bits per heavy atom. The molecule has 0 saturated carbocycles. The van der Waals surface area contributed by atoms with Crippen LogP contribution in [0.15, 0.2) is 45.6 Å². The number of aromatic nitrogens is 4. The monoisotopic (exact) mass is 294 g/mol. The van der Waals surface area contributed by atoms with Crippen molar-refractivity contribution in [1.29, 1.82) is 0 Å². The van der Waals surface area contributed by atoms with Crippen LogP contribution in [0.4, 0.5) is 0 Å². The van der Waals surface area contributed by atoms with Gasteiger partial charge in [0.25, 0.3) is 0 Å². The van der Waals surface area contributed by atoms with Gasteiger partial charge in [-0.05, 0) is 40.8 Å². The minimum atomic E-state index is -0.0996. The number of aromatic amines is 1. The van der Waals surface area contributed by atoms with Crippen molar-refractivity contribution in [3.05, 3.63) is 46.6 Å². The number of rotatable bonds is 2. The molecule has 108 valence electrons. The average Bonchev–Trinajstić information content (AvgIpc) is 3.09. The van der Waals surface area contributed by atoms with Crippen LogP contribution in [0.5, 0.6) is 5.75 Å². The summed E-state index contributed by atoms with van der Waals surface area (Å²) >= 11 is 0. The highest BCUT2D eigenvalue weighted by atomic mass is 16.5. The minimum Gasteiger partial charge on any atom is -0.497 e. The van der Waals surface area contributed by atoms with Gasteiger partial charge in [-0.2, -0.15) is 0 Å². The van der Waals surface area contributed by atoms with Gasteiger partial charge < -0.3 is 9.15 Å². The van der Waals surface area contributed by atoms with E-state index in [1.54, 1.807) is 43.5 Å². The molecule has 0 radical (unpaired) electrons. The van der Waals surface area contributed by atoms with Crippen LogP contribution < -0.4 is 10.2 Å². The summed E-state index contributed by atoms with van der Waals surface area (Å²) in [5, 5.41) is 14.6. The van der Waals surface area contributed by atoms with E-state index >= 15 is 0 Å². The van der Waals surface area contributed by atoms with Crippen molar-refractivity contribution >= 4 is 21.9 Å². The Morgan fingerprint density at radius 3 is 2.77 bits per heavy atom. The molecule has 0 bridgehead atoms. The molecule has 0 aliphatic carbocycles. The summed E-state index contributed by atoms with van der Waals surface area (Å²) in [6.07, 6.45) is 0. The number of ether oxygens (including phenoxy) is 1. The number of nitrogens with one attached hydrogen (secondary N) is 1. The van der Waals surface area contributed by atoms with Gasteiger partial charge in [0.2, 0.25) is 5.43 Å². The van der Waals surface area contributed by atoms with Crippen LogP contribution in [0.2, 0.25) is 0 Å². The quantitative estimate of drug-likeness (QED) is 0.569. The molecule has 2 aromatic heterocycles. The number of methoxy groups -OCH3 is 1. The standard InChI is InChI=1S/C15H10N4O3/c1-21-9-3-5-12-11(7-9)14(20)10-4-2-8(6-13(10)22-12)15-16-18-19-17-15/h2-7H,1H3,(H,16,17,18,19). The van der Waals surface area contributed by atoms with Gasteiger partial charge >= 0.3 is 0 Å². The SMILES string of the molecule is COc1ccc2oc3cc(-c4nnn[nH]4)ccc3c(=O)c2c1. The maximum atomic E-state index is 12.6. The molecule has 2 aromatic carbocycles. The molecule has 4 aromatic rings. The van der Waals surface area contributed by atoms with Crippen molar-refractivity contribution in [2.24, 2.45) is 0 Å². The lowest BCUT2D eigenvalue weighted by Crippen LogP contribution is -2.02. The van der Waals surface area contributed by atoms with E-state index in [1.165, 1.54) is 0 Å². The zero-order valence-corrected chi connectivity index (χ0v) is 11.5. The Hall–Kier alpha value is -3.22. The van der Waals surface area contributed by atoms with Crippen LogP contribution in [0.25, 0.3) is 33.3 Å². The van der Waals surface area contributed by atoms with Gasteiger partial charge in [0, 0.05) is 5.56 Å². The lowest BCUT2D eigenvalue weighted by Gasteiger charge is -2.04. The van der Waals surface area contributed by atoms with E-state index in [4.69, 9.17) is 9.15 Å². The first kappa shape index (κ1) is 12.5. The number of fused-ring (bicyclic) bond motifs is 2. The number of hydrogen-bond acceptors (Lipinski definition) is 6. The Morgan fingerprint density at radius 2 is 2.00 bits per heavy atom. The predicted molar refractivity (Wildman–Crippen MR) is 79.7 cm³/mol. The topological polar surface area (TPSA) is 93.9 Å². The number of nitrogens with zero attached hydrogens (tertiary/aromatic N) is 3. The first-order valence-corrected chi connectivity index (χ1v) is 6.55. The Kier molecular flexibility index (Phi) is 2.65. The van der Waals surface area contributed by atoms with E-state index in [-0.39, 0.29) is 5.43 Å². The van der Waals surface area contributed by atoms with Crippen molar-refractivity contribution in [1.82, 2.24) is 20.6 Å². The summed E-state index contributed by atoms with van der Waals surface area (Å²) in [5.41, 5.74) is 1.63. The molecular formula is C15H10N4O3. The molecule has 0 aliphatic rings. The fourth-order valence-electron chi connectivity index (χ4n) is 2.39. The first-order chi connectivity index (χ1) is 10.8. The highest BCUT2D eigenvalue weighted by Gasteiger charge is 2.11. The van der Waals surface area contributed by atoms with E-state index in [0.29, 0.717) is 33.5 Å². The van der Waals surface area contributed by atoms with Crippen LogP contribution in [0.3, 0.4) is 0 Å². The third-order valence-electron chi connectivity index (χ3n) is 3.50. The maximum Gasteiger partial charge on any atom is 0.200 e. The number of hydrogen-bond donors (Lipinski definition) is 1. The van der Waals surface area contributed by atoms with E-state index in [2.05, 4.69) is 20.6 Å². The molecule has 7 heteroatoms. The van der Waals surface area contributed by atoms with Gasteiger partial charge in [0.05, 0.1) is 17.9 Å². The molecule has 0 atom stereocenters. The van der Waals surface area contributed by atoms with Crippen LogP contribution in [0.1, 0.15) is 0 Å². The normalized spacial score (nSPS) is 11.1. The molecule has 1 N–H and O–H groups in total. The molecule has 0 fully saturated rings. The molecule has 7 nitrogen and oxygen atoms in total. The Balaban J connectivity index is 2.02. The van der Waals surface area contributed by atoms with E-state index in [0.717, 1.165) is 5.56 Å². The van der Waals surface area contributed by atoms with Gasteiger partial charge in [-0.25, -0.2) is 5.10 Å². The highest BCUT2D eigenvalue weighted by molar-refractivity contribution is 5.91. The Bertz CT molecular complexity index is 1040. The molecule has 0 spiro atoms. The van der Waals surface area contributed by atoms with Crippen LogP contribution in [-0.2, 0) is 0 Å². The molecule has 4 rings (SSSR count). The smallest absolute Gasteiger partial charge is 0.200 e. The largest absolute Gasteiger partial charge is 0.497 e. The minimum absolute atomic E-state index is 0.0996.